The van der Waals surface area contributed by atoms with Gasteiger partial charge in [0.05, 0.1) is 36.7 Å². The molecule has 0 saturated carbocycles. The number of hydrogen-bond donors (Lipinski definition) is 1. The summed E-state index contributed by atoms with van der Waals surface area (Å²) >= 11 is 0. The van der Waals surface area contributed by atoms with Crippen molar-refractivity contribution in [1.82, 2.24) is 30.2 Å². The van der Waals surface area contributed by atoms with Crippen molar-refractivity contribution in [3.63, 3.8) is 0 Å². The molecule has 1 amide bonds. The normalized spacial score (nSPS) is 17.3. The topological polar surface area (TPSA) is 113 Å². The van der Waals surface area contributed by atoms with Gasteiger partial charge >= 0.3 is 0 Å². The summed E-state index contributed by atoms with van der Waals surface area (Å²) in [5, 5.41) is 12.2. The van der Waals surface area contributed by atoms with Crippen LogP contribution in [0.3, 0.4) is 0 Å². The summed E-state index contributed by atoms with van der Waals surface area (Å²) < 4.78 is 11.4. The third-order valence-electron chi connectivity index (χ3n) is 7.86. The van der Waals surface area contributed by atoms with Crippen LogP contribution in [-0.4, -0.2) is 62.4 Å². The van der Waals surface area contributed by atoms with E-state index in [-0.39, 0.29) is 17.8 Å². The summed E-state index contributed by atoms with van der Waals surface area (Å²) in [5.41, 5.74) is 6.70. The predicted molar refractivity (Wildman–Crippen MR) is 149 cm³/mol. The number of anilines is 1. The number of aromatic amines is 1. The molecule has 2 aliphatic rings. The molecule has 1 N–H and O–H groups in total. The molecule has 10 heteroatoms. The van der Waals surface area contributed by atoms with E-state index in [0.29, 0.717) is 38.4 Å². The van der Waals surface area contributed by atoms with Gasteiger partial charge in [-0.05, 0) is 37.1 Å². The largest absolute Gasteiger partial charge is 0.377 e. The number of morpholine rings is 1. The molecule has 0 spiro atoms. The van der Waals surface area contributed by atoms with Crippen LogP contribution in [0.2, 0.25) is 0 Å². The minimum Gasteiger partial charge on any atom is -0.377 e. The van der Waals surface area contributed by atoms with Gasteiger partial charge in [-0.1, -0.05) is 41.6 Å². The van der Waals surface area contributed by atoms with Gasteiger partial charge in [-0.25, -0.2) is 9.97 Å². The van der Waals surface area contributed by atoms with Crippen LogP contribution in [0, 0.1) is 13.8 Å². The van der Waals surface area contributed by atoms with Gasteiger partial charge < -0.3 is 19.1 Å². The van der Waals surface area contributed by atoms with E-state index in [1.165, 1.54) is 0 Å². The van der Waals surface area contributed by atoms with E-state index in [1.54, 1.807) is 11.1 Å². The Morgan fingerprint density at radius 3 is 2.77 bits per heavy atom. The van der Waals surface area contributed by atoms with Gasteiger partial charge in [-0.3, -0.25) is 9.89 Å². The second-order valence-corrected chi connectivity index (χ2v) is 10.3. The zero-order valence-corrected chi connectivity index (χ0v) is 22.4. The highest BCUT2D eigenvalue weighted by atomic mass is 16.5. The Kier molecular flexibility index (Phi) is 6.04. The molecule has 7 rings (SSSR count). The van der Waals surface area contributed by atoms with E-state index in [4.69, 9.17) is 19.2 Å². The highest BCUT2D eigenvalue weighted by molar-refractivity contribution is 5.98. The van der Waals surface area contributed by atoms with Gasteiger partial charge in [0.2, 0.25) is 5.82 Å². The lowest BCUT2D eigenvalue weighted by molar-refractivity contribution is 0.0722. The smallest absolute Gasteiger partial charge is 0.292 e. The second kappa shape index (κ2) is 9.87. The molecule has 3 aromatic heterocycles. The molecule has 2 aromatic carbocycles. The third-order valence-corrected chi connectivity index (χ3v) is 7.86. The number of ether oxygens (including phenoxy) is 1. The standard InChI is InChI=1S/C30H29N7O3/c1-18-27(19(2)40-35-18)21-8-9-25-23(14-21)29(37-12-13-39-17-26(37)20-6-4-3-5-7-20)33-28(32-25)30(38)36-11-10-24-22(16-36)15-31-34-24/h3-9,14-15,26H,10-13,16-17H2,1-2H3,(H,31,34)/t26-/m1/s1. The molecule has 40 heavy (non-hydrogen) atoms. The number of amides is 1. The van der Waals surface area contributed by atoms with Crippen molar-refractivity contribution in [2.75, 3.05) is 31.2 Å². The SMILES string of the molecule is Cc1noc(C)c1-c1ccc2nc(C(=O)N3CCc4[nH]ncc4C3)nc(N3CCOC[C@@H]3c3ccccc3)c2c1. The fourth-order valence-corrected chi connectivity index (χ4v) is 5.82. The number of carbonyl (C=O) groups is 1. The van der Waals surface area contributed by atoms with Crippen LogP contribution in [0.1, 0.15) is 44.9 Å². The molecule has 2 aliphatic heterocycles. The molecular weight excluding hydrogens is 506 g/mol. The van der Waals surface area contributed by atoms with Crippen LogP contribution in [0.5, 0.6) is 0 Å². The van der Waals surface area contributed by atoms with Crippen LogP contribution in [0.25, 0.3) is 22.0 Å². The molecule has 0 radical (unpaired) electrons. The van der Waals surface area contributed by atoms with Gasteiger partial charge in [-0.15, -0.1) is 0 Å². The fraction of sp³-hybridized carbons (Fsp3) is 0.300. The lowest BCUT2D eigenvalue weighted by atomic mass is 10.0. The first kappa shape index (κ1) is 24.5. The second-order valence-electron chi connectivity index (χ2n) is 10.3. The van der Waals surface area contributed by atoms with Crippen molar-refractivity contribution in [2.24, 2.45) is 0 Å². The fourth-order valence-electron chi connectivity index (χ4n) is 5.82. The molecule has 10 nitrogen and oxygen atoms in total. The number of benzene rings is 2. The molecule has 0 bridgehead atoms. The van der Waals surface area contributed by atoms with E-state index in [2.05, 4.69) is 38.5 Å². The van der Waals surface area contributed by atoms with Gasteiger partial charge in [-0.2, -0.15) is 5.10 Å². The number of fused-ring (bicyclic) bond motifs is 2. The zero-order chi connectivity index (χ0) is 27.2. The van der Waals surface area contributed by atoms with E-state index >= 15 is 0 Å². The Morgan fingerprint density at radius 1 is 1.07 bits per heavy atom. The van der Waals surface area contributed by atoms with E-state index < -0.39 is 0 Å². The third kappa shape index (κ3) is 4.21. The quantitative estimate of drug-likeness (QED) is 0.360. The van der Waals surface area contributed by atoms with Gasteiger partial charge in [0.1, 0.15) is 11.6 Å². The zero-order valence-electron chi connectivity index (χ0n) is 22.4. The predicted octanol–water partition coefficient (Wildman–Crippen LogP) is 4.40. The first-order chi connectivity index (χ1) is 19.6. The number of hydrogen-bond acceptors (Lipinski definition) is 8. The Bertz CT molecular complexity index is 1690. The highest BCUT2D eigenvalue weighted by Crippen LogP contribution is 2.36. The molecule has 1 saturated heterocycles. The average Bonchev–Trinajstić information content (AvgIpc) is 3.61. The Hall–Kier alpha value is -4.57. The lowest BCUT2D eigenvalue weighted by Gasteiger charge is -2.37. The summed E-state index contributed by atoms with van der Waals surface area (Å²) in [7, 11) is 0. The van der Waals surface area contributed by atoms with Crippen molar-refractivity contribution in [3.05, 3.63) is 88.8 Å². The van der Waals surface area contributed by atoms with Crippen molar-refractivity contribution in [1.29, 1.82) is 0 Å². The first-order valence-corrected chi connectivity index (χ1v) is 13.5. The molecule has 1 atom stereocenters. The van der Waals surface area contributed by atoms with Crippen LogP contribution < -0.4 is 4.90 Å². The van der Waals surface area contributed by atoms with Crippen molar-refractivity contribution in [3.8, 4) is 11.1 Å². The molecular formula is C30H29N7O3. The summed E-state index contributed by atoms with van der Waals surface area (Å²) in [6.45, 7) is 6.64. The molecule has 0 unspecified atom stereocenters. The number of nitrogens with one attached hydrogen (secondary N) is 1. The minimum absolute atomic E-state index is 0.0535. The average molecular weight is 536 g/mol. The maximum Gasteiger partial charge on any atom is 0.292 e. The van der Waals surface area contributed by atoms with Crippen molar-refractivity contribution < 1.29 is 14.1 Å². The number of nitrogens with zero attached hydrogens (tertiary/aromatic N) is 6. The number of aromatic nitrogens is 5. The molecule has 5 aromatic rings. The summed E-state index contributed by atoms with van der Waals surface area (Å²) in [5.74, 6) is 1.48. The Labute approximate surface area is 231 Å². The van der Waals surface area contributed by atoms with Crippen LogP contribution >= 0.6 is 0 Å². The van der Waals surface area contributed by atoms with Gasteiger partial charge in [0.25, 0.3) is 5.91 Å². The summed E-state index contributed by atoms with van der Waals surface area (Å²) in [6.07, 6.45) is 2.51. The van der Waals surface area contributed by atoms with Crippen molar-refractivity contribution >= 4 is 22.6 Å². The number of rotatable bonds is 4. The van der Waals surface area contributed by atoms with Crippen molar-refractivity contribution in [2.45, 2.75) is 32.9 Å². The van der Waals surface area contributed by atoms with E-state index in [9.17, 15) is 4.79 Å². The Balaban J connectivity index is 1.37. The molecule has 202 valence electrons. The van der Waals surface area contributed by atoms with Crippen LogP contribution in [0.4, 0.5) is 5.82 Å². The monoisotopic (exact) mass is 535 g/mol. The van der Waals surface area contributed by atoms with Gasteiger partial charge in [0.15, 0.2) is 0 Å². The van der Waals surface area contributed by atoms with E-state index in [1.807, 2.05) is 44.2 Å². The molecule has 0 aliphatic carbocycles. The van der Waals surface area contributed by atoms with Crippen LogP contribution in [0.15, 0.2) is 59.3 Å². The highest BCUT2D eigenvalue weighted by Gasteiger charge is 2.31. The molecule has 1 fully saturated rings. The van der Waals surface area contributed by atoms with Gasteiger partial charge in [0, 0.05) is 48.3 Å². The number of H-pyrrole nitrogens is 1. The minimum atomic E-state index is -0.186. The molecule has 5 heterocycles. The summed E-state index contributed by atoms with van der Waals surface area (Å²) in [6, 6.07) is 16.3. The van der Waals surface area contributed by atoms with Crippen LogP contribution in [-0.2, 0) is 17.7 Å². The lowest BCUT2D eigenvalue weighted by Crippen LogP contribution is -2.41. The maximum absolute atomic E-state index is 13.8. The van der Waals surface area contributed by atoms with E-state index in [0.717, 1.165) is 57.0 Å². The number of aryl methyl sites for hydroxylation is 2. The summed E-state index contributed by atoms with van der Waals surface area (Å²) in [4.78, 5) is 27.6. The first-order valence-electron chi connectivity index (χ1n) is 13.5. The Morgan fingerprint density at radius 2 is 1.95 bits per heavy atom. The number of carbonyl (C=O) groups excluding carboxylic acids is 1. The maximum atomic E-state index is 13.8.